The zero-order valence-electron chi connectivity index (χ0n) is 10.8. The number of rotatable bonds is 4. The van der Waals surface area contributed by atoms with Crippen LogP contribution in [0.15, 0.2) is 35.4 Å². The van der Waals surface area contributed by atoms with Crippen LogP contribution in [-0.4, -0.2) is 20.5 Å². The molecule has 0 saturated heterocycles. The topological polar surface area (TPSA) is 94.3 Å². The van der Waals surface area contributed by atoms with Crippen molar-refractivity contribution in [2.24, 2.45) is 0 Å². The molecule has 0 spiro atoms. The summed E-state index contributed by atoms with van der Waals surface area (Å²) >= 11 is 11.6. The lowest BCUT2D eigenvalue weighted by Gasteiger charge is -2.12. The molecule has 9 heteroatoms. The van der Waals surface area contributed by atoms with Crippen LogP contribution in [-0.2, 0) is 10.0 Å². The van der Waals surface area contributed by atoms with E-state index in [2.05, 4.69) is 9.71 Å². The van der Waals surface area contributed by atoms with Gasteiger partial charge in [0.2, 0.25) is 0 Å². The van der Waals surface area contributed by atoms with Gasteiger partial charge in [-0.3, -0.25) is 4.72 Å². The highest BCUT2D eigenvalue weighted by molar-refractivity contribution is 7.92. The molecule has 2 aromatic rings. The quantitative estimate of drug-likeness (QED) is 0.886. The predicted molar refractivity (Wildman–Crippen MR) is 82.5 cm³/mol. The Morgan fingerprint density at radius 1 is 1.29 bits per heavy atom. The van der Waals surface area contributed by atoms with E-state index in [0.29, 0.717) is 10.8 Å². The summed E-state index contributed by atoms with van der Waals surface area (Å²) in [6, 6.07) is 5.78. The van der Waals surface area contributed by atoms with Crippen molar-refractivity contribution in [1.29, 1.82) is 0 Å². The number of ether oxygens (including phenoxy) is 1. The minimum absolute atomic E-state index is 0.0518. The first-order valence-corrected chi connectivity index (χ1v) is 7.85. The van der Waals surface area contributed by atoms with Crippen LogP contribution in [0.5, 0.6) is 5.75 Å². The fourth-order valence-corrected chi connectivity index (χ4v) is 2.98. The van der Waals surface area contributed by atoms with E-state index in [-0.39, 0.29) is 21.4 Å². The maximum atomic E-state index is 12.3. The van der Waals surface area contributed by atoms with E-state index in [4.69, 9.17) is 33.7 Å². The molecule has 3 N–H and O–H groups in total. The van der Waals surface area contributed by atoms with Gasteiger partial charge in [0.05, 0.1) is 17.8 Å². The van der Waals surface area contributed by atoms with Gasteiger partial charge < -0.3 is 10.5 Å². The number of sulfonamides is 1. The maximum Gasteiger partial charge on any atom is 0.263 e. The smallest absolute Gasteiger partial charge is 0.263 e. The highest BCUT2D eigenvalue weighted by atomic mass is 35.5. The average molecular weight is 348 g/mol. The number of nitrogens with zero attached hydrogens (tertiary/aromatic N) is 1. The second-order valence-corrected chi connectivity index (χ2v) is 6.51. The largest absolute Gasteiger partial charge is 0.495 e. The molecule has 0 fully saturated rings. The fourth-order valence-electron chi connectivity index (χ4n) is 1.54. The summed E-state index contributed by atoms with van der Waals surface area (Å²) in [4.78, 5) is 3.59. The Labute approximate surface area is 131 Å². The van der Waals surface area contributed by atoms with E-state index in [0.717, 1.165) is 6.20 Å². The van der Waals surface area contributed by atoms with Gasteiger partial charge in [-0.2, -0.15) is 0 Å². The first-order valence-electron chi connectivity index (χ1n) is 5.61. The highest BCUT2D eigenvalue weighted by Gasteiger charge is 2.18. The van der Waals surface area contributed by atoms with E-state index in [1.54, 1.807) is 12.1 Å². The van der Waals surface area contributed by atoms with E-state index < -0.39 is 10.0 Å². The number of aromatic nitrogens is 1. The second kappa shape index (κ2) is 5.97. The Hall–Kier alpha value is -1.70. The molecule has 0 saturated carbocycles. The lowest BCUT2D eigenvalue weighted by Crippen LogP contribution is -2.14. The number of halogens is 2. The normalized spacial score (nSPS) is 11.2. The van der Waals surface area contributed by atoms with Gasteiger partial charge in [-0.1, -0.05) is 23.2 Å². The standard InChI is InChI=1S/C12H11Cl2N3O3S/c1-20-11-3-2-7(13)4-10(11)17-21(18,19)8-5-9(14)12(15)16-6-8/h2-6,17H,1H3,(H2,15,16). The van der Waals surface area contributed by atoms with Gasteiger partial charge in [0.25, 0.3) is 10.0 Å². The zero-order chi connectivity index (χ0) is 15.6. The van der Waals surface area contributed by atoms with Crippen molar-refractivity contribution in [2.75, 3.05) is 17.6 Å². The van der Waals surface area contributed by atoms with E-state index in [1.165, 1.54) is 19.2 Å². The first-order chi connectivity index (χ1) is 9.83. The number of nitrogens with two attached hydrogens (primary N) is 1. The first kappa shape index (κ1) is 15.7. The van der Waals surface area contributed by atoms with Crippen molar-refractivity contribution >= 4 is 44.7 Å². The van der Waals surface area contributed by atoms with Crippen molar-refractivity contribution in [3.05, 3.63) is 40.5 Å². The van der Waals surface area contributed by atoms with Crippen LogP contribution in [0.1, 0.15) is 0 Å². The van der Waals surface area contributed by atoms with Gasteiger partial charge in [0.1, 0.15) is 16.5 Å². The molecule has 0 aliphatic rings. The summed E-state index contributed by atoms with van der Waals surface area (Å²) in [6.07, 6.45) is 1.11. The Bertz CT molecular complexity index is 781. The molecular weight excluding hydrogens is 337 g/mol. The van der Waals surface area contributed by atoms with Crippen LogP contribution >= 0.6 is 23.2 Å². The molecule has 1 heterocycles. The summed E-state index contributed by atoms with van der Waals surface area (Å²) in [6.45, 7) is 0. The Morgan fingerprint density at radius 2 is 2.00 bits per heavy atom. The van der Waals surface area contributed by atoms with Crippen LogP contribution in [0.4, 0.5) is 11.5 Å². The third-order valence-electron chi connectivity index (χ3n) is 2.56. The molecule has 0 radical (unpaired) electrons. The van der Waals surface area contributed by atoms with E-state index >= 15 is 0 Å². The molecule has 0 aliphatic heterocycles. The molecule has 0 atom stereocenters. The number of anilines is 2. The number of nitrogen functional groups attached to an aromatic ring is 1. The highest BCUT2D eigenvalue weighted by Crippen LogP contribution is 2.30. The summed E-state index contributed by atoms with van der Waals surface area (Å²) in [7, 11) is -2.47. The molecule has 0 unspecified atom stereocenters. The average Bonchev–Trinajstić information content (AvgIpc) is 2.41. The van der Waals surface area contributed by atoms with Gasteiger partial charge in [0, 0.05) is 11.2 Å². The third-order valence-corrected chi connectivity index (χ3v) is 4.43. The number of benzene rings is 1. The molecular formula is C12H11Cl2N3O3S. The summed E-state index contributed by atoms with van der Waals surface area (Å²) in [5.74, 6) is 0.383. The van der Waals surface area contributed by atoms with Crippen LogP contribution in [0, 0.1) is 0 Å². The number of nitrogens with one attached hydrogen (secondary N) is 1. The fraction of sp³-hybridized carbons (Fsp3) is 0.0833. The molecule has 0 amide bonds. The van der Waals surface area contributed by atoms with E-state index in [1.807, 2.05) is 0 Å². The number of methoxy groups -OCH3 is 1. The van der Waals surface area contributed by atoms with Gasteiger partial charge >= 0.3 is 0 Å². The van der Waals surface area contributed by atoms with Crippen molar-refractivity contribution in [2.45, 2.75) is 4.90 Å². The van der Waals surface area contributed by atoms with Crippen LogP contribution < -0.4 is 15.2 Å². The molecule has 2 rings (SSSR count). The molecule has 0 bridgehead atoms. The Kier molecular flexibility index (Phi) is 4.46. The van der Waals surface area contributed by atoms with Crippen molar-refractivity contribution < 1.29 is 13.2 Å². The van der Waals surface area contributed by atoms with Crippen molar-refractivity contribution in [3.63, 3.8) is 0 Å². The molecule has 1 aromatic carbocycles. The Balaban J connectivity index is 2.41. The van der Waals surface area contributed by atoms with Gasteiger partial charge in [-0.15, -0.1) is 0 Å². The second-order valence-electron chi connectivity index (χ2n) is 3.99. The molecule has 112 valence electrons. The number of hydrogen-bond acceptors (Lipinski definition) is 5. The van der Waals surface area contributed by atoms with Gasteiger partial charge in [-0.05, 0) is 24.3 Å². The predicted octanol–water partition coefficient (Wildman–Crippen LogP) is 2.78. The van der Waals surface area contributed by atoms with Crippen LogP contribution in [0.2, 0.25) is 10.0 Å². The lowest BCUT2D eigenvalue weighted by atomic mass is 10.3. The monoisotopic (exact) mass is 347 g/mol. The molecule has 21 heavy (non-hydrogen) atoms. The molecule has 1 aromatic heterocycles. The third kappa shape index (κ3) is 3.49. The summed E-state index contributed by atoms with van der Waals surface area (Å²) < 4.78 is 32.0. The van der Waals surface area contributed by atoms with Crippen molar-refractivity contribution in [1.82, 2.24) is 4.98 Å². The summed E-state index contributed by atoms with van der Waals surface area (Å²) in [5.41, 5.74) is 5.66. The van der Waals surface area contributed by atoms with Gasteiger partial charge in [0.15, 0.2) is 0 Å². The summed E-state index contributed by atoms with van der Waals surface area (Å²) in [5, 5.41) is 0.415. The lowest BCUT2D eigenvalue weighted by molar-refractivity contribution is 0.417. The minimum Gasteiger partial charge on any atom is -0.495 e. The number of pyridine rings is 1. The Morgan fingerprint density at radius 3 is 2.62 bits per heavy atom. The van der Waals surface area contributed by atoms with E-state index in [9.17, 15) is 8.42 Å². The molecule has 0 aliphatic carbocycles. The van der Waals surface area contributed by atoms with Gasteiger partial charge in [-0.25, -0.2) is 13.4 Å². The SMILES string of the molecule is COc1ccc(Cl)cc1NS(=O)(=O)c1cnc(N)c(Cl)c1. The maximum absolute atomic E-state index is 12.3. The number of hydrogen-bond donors (Lipinski definition) is 2. The zero-order valence-corrected chi connectivity index (χ0v) is 13.1. The van der Waals surface area contributed by atoms with Crippen molar-refractivity contribution in [3.8, 4) is 5.75 Å². The van der Waals surface area contributed by atoms with Crippen LogP contribution in [0.3, 0.4) is 0 Å². The molecule has 6 nitrogen and oxygen atoms in total. The minimum atomic E-state index is -3.89. The van der Waals surface area contributed by atoms with Crippen LogP contribution in [0.25, 0.3) is 0 Å².